The molecule has 41 heavy (non-hydrogen) atoms. The number of aryl methyl sites for hydroxylation is 2. The first-order valence-electron chi connectivity index (χ1n) is 13.7. The average Bonchev–Trinajstić information content (AvgIpc) is 3.01. The summed E-state index contributed by atoms with van der Waals surface area (Å²) in [5, 5.41) is 1.74. The summed E-state index contributed by atoms with van der Waals surface area (Å²) in [6.07, 6.45) is 7.55. The average molecular weight is 548 g/mol. The minimum Gasteiger partial charge on any atom is -0.289 e. The lowest BCUT2D eigenvalue weighted by Gasteiger charge is -2.44. The zero-order valence-electron chi connectivity index (χ0n) is 22.7. The molecule has 0 radical (unpaired) electrons. The highest BCUT2D eigenvalue weighted by molar-refractivity contribution is 7.81. The van der Waals surface area contributed by atoms with Gasteiger partial charge in [0, 0.05) is 57.7 Å². The zero-order chi connectivity index (χ0) is 27.7. The Kier molecular flexibility index (Phi) is 5.19. The SMILES string of the molecule is Cc1cncc(-c2ccc3c(c2)-c2ccccc2P2(=O)c4ccccc4-c4cc(-c5cncc(C)c5)ccc4N32)c1. The van der Waals surface area contributed by atoms with Crippen LogP contribution in [-0.2, 0) is 4.57 Å². The fourth-order valence-corrected chi connectivity index (χ4v) is 9.63. The molecule has 0 bridgehead atoms. The van der Waals surface area contributed by atoms with Crippen molar-refractivity contribution in [2.24, 2.45) is 0 Å². The van der Waals surface area contributed by atoms with Gasteiger partial charge in [0.15, 0.2) is 0 Å². The first-order valence-corrected chi connectivity index (χ1v) is 15.4. The molecule has 2 aliphatic heterocycles. The van der Waals surface area contributed by atoms with Gasteiger partial charge in [0.05, 0.1) is 11.4 Å². The van der Waals surface area contributed by atoms with Gasteiger partial charge >= 0.3 is 0 Å². The van der Waals surface area contributed by atoms with Gasteiger partial charge in [-0.05, 0) is 95.8 Å². The van der Waals surface area contributed by atoms with Gasteiger partial charge in [-0.25, -0.2) is 0 Å². The molecular formula is C36H26N3OP. The molecule has 0 amide bonds. The lowest BCUT2D eigenvalue weighted by Crippen LogP contribution is -2.37. The van der Waals surface area contributed by atoms with E-state index >= 15 is 4.57 Å². The smallest absolute Gasteiger partial charge is 0.235 e. The van der Waals surface area contributed by atoms with Crippen molar-refractivity contribution < 1.29 is 4.57 Å². The van der Waals surface area contributed by atoms with E-state index in [4.69, 9.17) is 0 Å². The standard InChI is InChI=1S/C36H26N3OP/c1-23-15-27(21-37-19-23)25-11-13-33-31(17-25)29-7-3-5-9-35(29)41(40)36-10-6-4-8-30(36)32-18-26(12-14-34(32)39(33)41)28-16-24(2)20-38-22-28/h3-22H,1-2H3. The molecule has 6 aromatic rings. The molecule has 4 heterocycles. The summed E-state index contributed by atoms with van der Waals surface area (Å²) in [7, 11) is -3.24. The Balaban J connectivity index is 1.42. The Morgan fingerprint density at radius 2 is 0.976 bits per heavy atom. The quantitative estimate of drug-likeness (QED) is 0.204. The Hall–Kier alpha value is -4.79. The molecule has 0 saturated heterocycles. The molecular weight excluding hydrogens is 521 g/mol. The van der Waals surface area contributed by atoms with Gasteiger partial charge in [0.1, 0.15) is 0 Å². The van der Waals surface area contributed by atoms with E-state index in [0.29, 0.717) is 0 Å². The van der Waals surface area contributed by atoms with Crippen molar-refractivity contribution in [2.75, 3.05) is 4.67 Å². The maximum Gasteiger partial charge on any atom is 0.235 e. The van der Waals surface area contributed by atoms with Crippen molar-refractivity contribution in [3.63, 3.8) is 0 Å². The summed E-state index contributed by atoms with van der Waals surface area (Å²) in [6.45, 7) is 4.12. The molecule has 8 rings (SSSR count). The van der Waals surface area contributed by atoms with Gasteiger partial charge in [0.25, 0.3) is 0 Å². The van der Waals surface area contributed by atoms with Gasteiger partial charge in [-0.1, -0.05) is 48.5 Å². The minimum atomic E-state index is -3.24. The third-order valence-corrected chi connectivity index (χ3v) is 11.3. The largest absolute Gasteiger partial charge is 0.289 e. The second kappa shape index (κ2) is 8.86. The molecule has 0 N–H and O–H groups in total. The van der Waals surface area contributed by atoms with Gasteiger partial charge in [-0.2, -0.15) is 0 Å². The summed E-state index contributed by atoms with van der Waals surface area (Å²) >= 11 is 0. The molecule has 0 unspecified atom stereocenters. The van der Waals surface area contributed by atoms with Crippen LogP contribution in [0.15, 0.2) is 122 Å². The van der Waals surface area contributed by atoms with E-state index in [-0.39, 0.29) is 0 Å². The Labute approximate surface area is 239 Å². The van der Waals surface area contributed by atoms with Crippen LogP contribution < -0.4 is 15.3 Å². The number of benzene rings is 4. The molecule has 5 heteroatoms. The minimum absolute atomic E-state index is 0.872. The second-order valence-corrected chi connectivity index (χ2v) is 13.4. The van der Waals surface area contributed by atoms with Crippen molar-refractivity contribution in [1.29, 1.82) is 0 Å². The highest BCUT2D eigenvalue weighted by Gasteiger charge is 2.47. The van der Waals surface area contributed by atoms with Crippen molar-refractivity contribution in [1.82, 2.24) is 9.97 Å². The van der Waals surface area contributed by atoms with E-state index in [0.717, 1.165) is 77.6 Å². The summed E-state index contributed by atoms with van der Waals surface area (Å²) < 4.78 is 17.8. The fraction of sp³-hybridized carbons (Fsp3) is 0.0556. The Bertz CT molecular complexity index is 1940. The van der Waals surface area contributed by atoms with Crippen molar-refractivity contribution in [3.05, 3.63) is 133 Å². The summed E-state index contributed by atoms with van der Waals surface area (Å²) in [5.74, 6) is 0. The van der Waals surface area contributed by atoms with Gasteiger partial charge in [0.2, 0.25) is 7.29 Å². The van der Waals surface area contributed by atoms with Crippen molar-refractivity contribution in [2.45, 2.75) is 13.8 Å². The van der Waals surface area contributed by atoms with Crippen molar-refractivity contribution >= 4 is 29.3 Å². The normalized spacial score (nSPS) is 13.9. The van der Waals surface area contributed by atoms with Crippen LogP contribution in [0.5, 0.6) is 0 Å². The predicted molar refractivity (Wildman–Crippen MR) is 169 cm³/mol. The van der Waals surface area contributed by atoms with Gasteiger partial charge in [-0.15, -0.1) is 0 Å². The summed E-state index contributed by atoms with van der Waals surface area (Å²) in [5.41, 5.74) is 12.6. The molecule has 4 aromatic carbocycles. The molecule has 4 nitrogen and oxygen atoms in total. The number of anilines is 2. The highest BCUT2D eigenvalue weighted by atomic mass is 31.2. The molecule has 0 atom stereocenters. The van der Waals surface area contributed by atoms with Crippen LogP contribution in [0.1, 0.15) is 11.1 Å². The number of nitrogens with zero attached hydrogens (tertiary/aromatic N) is 3. The topological polar surface area (TPSA) is 46.1 Å². The van der Waals surface area contributed by atoms with Gasteiger partial charge < -0.3 is 0 Å². The van der Waals surface area contributed by atoms with E-state index in [9.17, 15) is 0 Å². The van der Waals surface area contributed by atoms with Crippen LogP contribution in [0.4, 0.5) is 11.4 Å². The molecule has 196 valence electrons. The van der Waals surface area contributed by atoms with Crippen LogP contribution in [0.3, 0.4) is 0 Å². The zero-order valence-corrected chi connectivity index (χ0v) is 23.6. The molecule has 2 aliphatic rings. The first-order chi connectivity index (χ1) is 20.0. The third kappa shape index (κ3) is 3.51. The monoisotopic (exact) mass is 547 g/mol. The Morgan fingerprint density at radius 1 is 0.512 bits per heavy atom. The number of pyridine rings is 2. The van der Waals surface area contributed by atoms with Crippen LogP contribution in [0.25, 0.3) is 44.5 Å². The number of hydrogen-bond donors (Lipinski definition) is 0. The van der Waals surface area contributed by atoms with Crippen LogP contribution in [0.2, 0.25) is 0 Å². The predicted octanol–water partition coefficient (Wildman–Crippen LogP) is 8.46. The van der Waals surface area contributed by atoms with Gasteiger partial charge in [-0.3, -0.25) is 19.2 Å². The maximum atomic E-state index is 15.7. The molecule has 0 spiro atoms. The lowest BCUT2D eigenvalue weighted by atomic mass is 9.95. The third-order valence-electron chi connectivity index (χ3n) is 8.19. The Morgan fingerprint density at radius 3 is 1.44 bits per heavy atom. The summed E-state index contributed by atoms with van der Waals surface area (Å²) in [6, 6.07) is 33.7. The number of rotatable bonds is 2. The molecule has 0 aliphatic carbocycles. The van der Waals surface area contributed by atoms with Crippen LogP contribution >= 0.6 is 7.29 Å². The summed E-state index contributed by atoms with van der Waals surface area (Å²) in [4.78, 5) is 8.86. The van der Waals surface area contributed by atoms with E-state index < -0.39 is 7.29 Å². The molecule has 2 aromatic heterocycles. The molecule has 0 saturated carbocycles. The van der Waals surface area contributed by atoms with E-state index in [1.165, 1.54) is 0 Å². The number of fused-ring (bicyclic) bond motifs is 11. The van der Waals surface area contributed by atoms with E-state index in [1.54, 1.807) is 0 Å². The highest BCUT2D eigenvalue weighted by Crippen LogP contribution is 2.66. The van der Waals surface area contributed by atoms with E-state index in [2.05, 4.69) is 89.1 Å². The lowest BCUT2D eigenvalue weighted by molar-refractivity contribution is 0.586. The van der Waals surface area contributed by atoms with E-state index in [1.807, 2.05) is 61.2 Å². The second-order valence-electron chi connectivity index (χ2n) is 10.9. The van der Waals surface area contributed by atoms with Crippen LogP contribution in [-0.4, -0.2) is 9.97 Å². The number of aromatic nitrogens is 2. The maximum absolute atomic E-state index is 15.7. The number of hydrogen-bond acceptors (Lipinski definition) is 3. The fourth-order valence-electron chi connectivity index (χ4n) is 6.37. The molecule has 0 fully saturated rings. The first kappa shape index (κ1) is 24.0. The van der Waals surface area contributed by atoms with Crippen LogP contribution in [0, 0.1) is 13.8 Å². The van der Waals surface area contributed by atoms with Crippen molar-refractivity contribution in [3.8, 4) is 44.5 Å².